The minimum atomic E-state index is -0.237. The molecule has 3 rings (SSSR count). The highest BCUT2D eigenvalue weighted by Gasteiger charge is 2.18. The Labute approximate surface area is 136 Å². The van der Waals surface area contributed by atoms with Crippen molar-refractivity contribution in [2.45, 2.75) is 25.6 Å². The van der Waals surface area contributed by atoms with E-state index in [0.29, 0.717) is 18.0 Å². The molecule has 1 aliphatic rings. The number of halogens is 1. The number of hydrogen-bond donors (Lipinski definition) is 2. The first-order valence-electron chi connectivity index (χ1n) is 6.95. The van der Waals surface area contributed by atoms with Crippen LogP contribution >= 0.6 is 28.1 Å². The molecule has 0 bridgehead atoms. The molecule has 0 unspecified atom stereocenters. The number of aromatic nitrogens is 3. The number of benzene rings is 1. The van der Waals surface area contributed by atoms with Gasteiger partial charge in [0.25, 0.3) is 0 Å². The molecule has 0 aliphatic carbocycles. The van der Waals surface area contributed by atoms with E-state index >= 15 is 0 Å². The molecule has 5 nitrogen and oxygen atoms in total. The fraction of sp³-hybridized carbons (Fsp3) is 0.429. The maximum absolute atomic E-state index is 9.74. The van der Waals surface area contributed by atoms with E-state index in [1.54, 1.807) is 0 Å². The number of rotatable bonds is 3. The van der Waals surface area contributed by atoms with E-state index in [9.17, 15) is 5.11 Å². The van der Waals surface area contributed by atoms with Crippen molar-refractivity contribution in [1.29, 1.82) is 0 Å². The molecule has 21 heavy (non-hydrogen) atoms. The Balaban J connectivity index is 1.82. The van der Waals surface area contributed by atoms with E-state index in [2.05, 4.69) is 30.9 Å². The number of hydrogen-bond acceptors (Lipinski definition) is 4. The molecule has 2 heterocycles. The number of aromatic amines is 1. The summed E-state index contributed by atoms with van der Waals surface area (Å²) < 4.78 is 3.36. The number of piperidine rings is 1. The van der Waals surface area contributed by atoms with Crippen LogP contribution in [0.5, 0.6) is 0 Å². The molecular formula is C14H17BrN4OS. The van der Waals surface area contributed by atoms with Gasteiger partial charge in [-0.25, -0.2) is 4.68 Å². The van der Waals surface area contributed by atoms with E-state index in [4.69, 9.17) is 12.2 Å². The van der Waals surface area contributed by atoms with Crippen LogP contribution in [-0.4, -0.2) is 44.0 Å². The first kappa shape index (κ1) is 14.9. The van der Waals surface area contributed by atoms with Crippen molar-refractivity contribution in [3.8, 4) is 11.4 Å². The van der Waals surface area contributed by atoms with Gasteiger partial charge in [-0.3, -0.25) is 10.00 Å². The smallest absolute Gasteiger partial charge is 0.217 e. The molecule has 0 saturated carbocycles. The lowest BCUT2D eigenvalue weighted by atomic mass is 10.1. The van der Waals surface area contributed by atoms with Crippen LogP contribution < -0.4 is 0 Å². The molecule has 0 amide bonds. The Morgan fingerprint density at radius 2 is 2.24 bits per heavy atom. The van der Waals surface area contributed by atoms with Gasteiger partial charge in [0.15, 0.2) is 5.82 Å². The number of aliphatic hydroxyl groups is 1. The average Bonchev–Trinajstić information content (AvgIpc) is 2.80. The van der Waals surface area contributed by atoms with Crippen molar-refractivity contribution in [2.75, 3.05) is 13.1 Å². The number of likely N-dealkylation sites (tertiary alicyclic amines) is 1. The minimum absolute atomic E-state index is 0.237. The van der Waals surface area contributed by atoms with E-state index in [1.165, 1.54) is 0 Å². The largest absolute Gasteiger partial charge is 0.392 e. The van der Waals surface area contributed by atoms with Crippen LogP contribution in [0.25, 0.3) is 11.4 Å². The number of nitrogens with zero attached hydrogens (tertiary/aromatic N) is 3. The summed E-state index contributed by atoms with van der Waals surface area (Å²) >= 11 is 8.86. The van der Waals surface area contributed by atoms with Gasteiger partial charge >= 0.3 is 0 Å². The van der Waals surface area contributed by atoms with E-state index in [-0.39, 0.29) is 6.10 Å². The third kappa shape index (κ3) is 3.42. The molecular weight excluding hydrogens is 352 g/mol. The topological polar surface area (TPSA) is 57.1 Å². The maximum Gasteiger partial charge on any atom is 0.217 e. The third-order valence-corrected chi connectivity index (χ3v) is 4.63. The van der Waals surface area contributed by atoms with Crippen LogP contribution in [-0.2, 0) is 6.67 Å². The Morgan fingerprint density at radius 3 is 3.00 bits per heavy atom. The summed E-state index contributed by atoms with van der Waals surface area (Å²) in [7, 11) is 0. The summed E-state index contributed by atoms with van der Waals surface area (Å²) in [5.74, 6) is 0.755. The lowest BCUT2D eigenvalue weighted by Crippen LogP contribution is -2.39. The lowest BCUT2D eigenvalue weighted by molar-refractivity contribution is 0.0514. The molecule has 0 radical (unpaired) electrons. The van der Waals surface area contributed by atoms with Gasteiger partial charge in [0, 0.05) is 23.1 Å². The fourth-order valence-electron chi connectivity index (χ4n) is 2.59. The predicted molar refractivity (Wildman–Crippen MR) is 87.4 cm³/mol. The van der Waals surface area contributed by atoms with Gasteiger partial charge in [-0.05, 0) is 31.1 Å². The van der Waals surface area contributed by atoms with Crippen molar-refractivity contribution in [3.63, 3.8) is 0 Å². The second-order valence-corrected chi connectivity index (χ2v) is 6.50. The van der Waals surface area contributed by atoms with E-state index in [0.717, 1.165) is 35.2 Å². The van der Waals surface area contributed by atoms with Crippen LogP contribution in [0.2, 0.25) is 0 Å². The quantitative estimate of drug-likeness (QED) is 0.817. The van der Waals surface area contributed by atoms with Crippen molar-refractivity contribution >= 4 is 28.1 Å². The SMILES string of the molecule is O[C@@H]1CCCN(Cn2[nH]c(-c3ccccc3Br)nc2=S)C1. The van der Waals surface area contributed by atoms with Crippen LogP contribution in [0, 0.1) is 4.77 Å². The summed E-state index contributed by atoms with van der Waals surface area (Å²) in [4.78, 5) is 6.62. The normalized spacial score (nSPS) is 19.8. The molecule has 1 aromatic heterocycles. The van der Waals surface area contributed by atoms with Crippen LogP contribution in [0.1, 0.15) is 12.8 Å². The fourth-order valence-corrected chi connectivity index (χ4v) is 3.25. The zero-order valence-corrected chi connectivity index (χ0v) is 13.9. The molecule has 1 atom stereocenters. The third-order valence-electron chi connectivity index (χ3n) is 3.63. The maximum atomic E-state index is 9.74. The highest BCUT2D eigenvalue weighted by Crippen LogP contribution is 2.25. The van der Waals surface area contributed by atoms with Gasteiger partial charge < -0.3 is 5.11 Å². The monoisotopic (exact) mass is 368 g/mol. The van der Waals surface area contributed by atoms with Crippen LogP contribution in [0.15, 0.2) is 28.7 Å². The van der Waals surface area contributed by atoms with Gasteiger partial charge in [-0.1, -0.05) is 34.1 Å². The number of aliphatic hydroxyl groups excluding tert-OH is 1. The molecule has 1 fully saturated rings. The first-order chi connectivity index (χ1) is 10.1. The summed E-state index contributed by atoms with van der Waals surface area (Å²) in [6, 6.07) is 7.91. The highest BCUT2D eigenvalue weighted by atomic mass is 79.9. The highest BCUT2D eigenvalue weighted by molar-refractivity contribution is 9.10. The Kier molecular flexibility index (Phi) is 4.54. The van der Waals surface area contributed by atoms with Gasteiger partial charge in [-0.2, -0.15) is 4.98 Å². The number of H-pyrrole nitrogens is 1. The van der Waals surface area contributed by atoms with Crippen molar-refractivity contribution in [2.24, 2.45) is 0 Å². The Morgan fingerprint density at radius 1 is 1.43 bits per heavy atom. The van der Waals surface area contributed by atoms with Gasteiger partial charge in [-0.15, -0.1) is 0 Å². The molecule has 1 aliphatic heterocycles. The second-order valence-electron chi connectivity index (χ2n) is 5.28. The average molecular weight is 369 g/mol. The molecule has 0 spiro atoms. The summed E-state index contributed by atoms with van der Waals surface area (Å²) in [6.45, 7) is 2.29. The van der Waals surface area contributed by atoms with Crippen molar-refractivity contribution in [3.05, 3.63) is 33.5 Å². The minimum Gasteiger partial charge on any atom is -0.392 e. The van der Waals surface area contributed by atoms with Gasteiger partial charge in [0.2, 0.25) is 4.77 Å². The van der Waals surface area contributed by atoms with Crippen molar-refractivity contribution < 1.29 is 5.11 Å². The number of β-amino-alcohol motifs (C(OH)–C–C–N with tert-alkyl or cyclic N) is 1. The second kappa shape index (κ2) is 6.39. The summed E-state index contributed by atoms with van der Waals surface area (Å²) in [5.41, 5.74) is 0.987. The molecule has 2 N–H and O–H groups in total. The zero-order chi connectivity index (χ0) is 14.8. The molecule has 1 aromatic carbocycles. The van der Waals surface area contributed by atoms with E-state index < -0.39 is 0 Å². The number of nitrogens with one attached hydrogen (secondary N) is 1. The Bertz CT molecular complexity index is 684. The van der Waals surface area contributed by atoms with Crippen LogP contribution in [0.4, 0.5) is 0 Å². The lowest BCUT2D eigenvalue weighted by Gasteiger charge is -2.29. The van der Waals surface area contributed by atoms with Crippen molar-refractivity contribution in [1.82, 2.24) is 19.7 Å². The molecule has 2 aromatic rings. The zero-order valence-electron chi connectivity index (χ0n) is 11.5. The summed E-state index contributed by atoms with van der Waals surface area (Å²) in [6.07, 6.45) is 1.66. The Hall–Kier alpha value is -1.02. The van der Waals surface area contributed by atoms with Crippen LogP contribution in [0.3, 0.4) is 0 Å². The standard InChI is InChI=1S/C14H17BrN4OS/c15-12-6-2-1-5-11(12)13-16-14(21)19(17-13)9-18-7-3-4-10(20)8-18/h1-2,5-6,10,20H,3-4,7-9H2,(H,16,17,21)/t10-/m1/s1. The molecule has 1 saturated heterocycles. The summed E-state index contributed by atoms with van der Waals surface area (Å²) in [5, 5.41) is 13.0. The molecule has 112 valence electrons. The van der Waals surface area contributed by atoms with Gasteiger partial charge in [0.05, 0.1) is 12.8 Å². The van der Waals surface area contributed by atoms with E-state index in [1.807, 2.05) is 28.9 Å². The molecule has 7 heteroatoms. The predicted octanol–water partition coefficient (Wildman–Crippen LogP) is 2.78. The van der Waals surface area contributed by atoms with Gasteiger partial charge in [0.1, 0.15) is 0 Å². The first-order valence-corrected chi connectivity index (χ1v) is 8.16.